The molecule has 2 aromatic heterocycles. The molecule has 72 heavy (non-hydrogen) atoms. The van der Waals surface area contributed by atoms with Crippen molar-refractivity contribution in [2.75, 3.05) is 24.6 Å². The van der Waals surface area contributed by atoms with Crippen molar-refractivity contribution < 1.29 is 29.0 Å². The van der Waals surface area contributed by atoms with Crippen LogP contribution in [-0.2, 0) is 40.3 Å². The molecule has 378 valence electrons. The molecule has 14 nitrogen and oxygen atoms in total. The highest BCUT2D eigenvalue weighted by atomic mass is 35.5. The number of aromatic nitrogens is 4. The normalized spacial score (nSPS) is 16.3. The number of fused-ring (bicyclic) bond motifs is 2. The van der Waals surface area contributed by atoms with Crippen molar-refractivity contribution in [3.8, 4) is 22.5 Å². The third kappa shape index (κ3) is 13.2. The number of hydrogen-bond donors (Lipinski definition) is 3. The molecule has 2 aliphatic rings. The molecular formula is C52H54Cl4N8O6S2. The largest absolute Gasteiger partial charge is 0.465 e. The monoisotopic (exact) mass is 1090 g/mol. The van der Waals surface area contributed by atoms with E-state index in [4.69, 9.17) is 61.3 Å². The van der Waals surface area contributed by atoms with Gasteiger partial charge in [-0.05, 0) is 106 Å². The lowest BCUT2D eigenvalue weighted by Gasteiger charge is -2.38. The average molecular weight is 1090 g/mol. The number of rotatable bonds is 17. The van der Waals surface area contributed by atoms with Gasteiger partial charge in [0.05, 0.1) is 58.0 Å². The molecule has 0 aliphatic carbocycles. The second-order valence-electron chi connectivity index (χ2n) is 18.5. The number of aryl methyl sites for hydroxylation is 2. The molecule has 0 radical (unpaired) electrons. The van der Waals surface area contributed by atoms with E-state index in [1.54, 1.807) is 54.8 Å². The van der Waals surface area contributed by atoms with Gasteiger partial charge in [0.1, 0.15) is 17.7 Å². The van der Waals surface area contributed by atoms with Gasteiger partial charge in [0.15, 0.2) is 0 Å². The summed E-state index contributed by atoms with van der Waals surface area (Å²) in [5, 5.41) is 27.1. The number of nitrogens with one attached hydrogen (secondary N) is 2. The molecule has 8 rings (SSSR count). The molecule has 4 amide bonds. The molecule has 0 saturated carbocycles. The smallest absolute Gasteiger partial charge is 0.408 e. The fourth-order valence-corrected chi connectivity index (χ4v) is 12.4. The third-order valence-corrected chi connectivity index (χ3v) is 15.9. The Bertz CT molecular complexity index is 2900. The van der Waals surface area contributed by atoms with Crippen molar-refractivity contribution in [1.29, 1.82) is 0 Å². The number of carbonyl (C=O) groups is 4. The van der Waals surface area contributed by atoms with E-state index in [1.165, 1.54) is 21.6 Å². The van der Waals surface area contributed by atoms with Crippen molar-refractivity contribution in [1.82, 2.24) is 40.0 Å². The molecule has 0 bridgehead atoms. The molecule has 4 aromatic carbocycles. The van der Waals surface area contributed by atoms with E-state index in [9.17, 15) is 19.5 Å². The minimum absolute atomic E-state index is 0.0224. The summed E-state index contributed by atoms with van der Waals surface area (Å²) in [5.41, 5.74) is 5.63. The van der Waals surface area contributed by atoms with Crippen LogP contribution in [0.2, 0.25) is 20.1 Å². The highest BCUT2D eigenvalue weighted by Crippen LogP contribution is 2.39. The molecule has 6 aromatic rings. The van der Waals surface area contributed by atoms with Gasteiger partial charge in [-0.1, -0.05) is 129 Å². The Hall–Kier alpha value is -5.36. The molecule has 0 fully saturated rings. The molecular weight excluding hydrogens is 1040 g/mol. The maximum atomic E-state index is 15.0. The van der Waals surface area contributed by atoms with Gasteiger partial charge < -0.3 is 30.3 Å². The minimum atomic E-state index is -1.35. The van der Waals surface area contributed by atoms with E-state index < -0.39 is 47.9 Å². The fraction of sp³-hybridized carbons (Fsp3) is 0.346. The first kappa shape index (κ1) is 52.9. The number of benzene rings is 4. The number of alkyl carbamates (subject to hydrolysis) is 1. The summed E-state index contributed by atoms with van der Waals surface area (Å²) in [6.45, 7) is 6.57. The Morgan fingerprint density at radius 2 is 1.07 bits per heavy atom. The summed E-state index contributed by atoms with van der Waals surface area (Å²) >= 11 is 25.7. The molecule has 0 spiro atoms. The van der Waals surface area contributed by atoms with Crippen LogP contribution >= 0.6 is 68.0 Å². The Morgan fingerprint density at radius 3 is 1.47 bits per heavy atom. The predicted molar refractivity (Wildman–Crippen MR) is 287 cm³/mol. The number of hydrogen-bond acceptors (Lipinski definition) is 9. The summed E-state index contributed by atoms with van der Waals surface area (Å²) in [7, 11) is 2.48. The maximum Gasteiger partial charge on any atom is 0.408 e. The second kappa shape index (κ2) is 23.7. The van der Waals surface area contributed by atoms with Crippen molar-refractivity contribution in [2.45, 2.75) is 89.3 Å². The zero-order chi connectivity index (χ0) is 51.1. The molecule has 4 atom stereocenters. The van der Waals surface area contributed by atoms with E-state index in [2.05, 4.69) is 10.6 Å². The number of ether oxygens (including phenoxy) is 1. The van der Waals surface area contributed by atoms with Crippen LogP contribution in [0.3, 0.4) is 0 Å². The van der Waals surface area contributed by atoms with Crippen LogP contribution in [0.4, 0.5) is 9.59 Å². The van der Waals surface area contributed by atoms with Crippen LogP contribution < -0.4 is 10.6 Å². The average Bonchev–Trinajstić information content (AvgIpc) is 3.98. The van der Waals surface area contributed by atoms with E-state index in [1.807, 2.05) is 94.3 Å². The topological polar surface area (TPSA) is 164 Å². The quantitative estimate of drug-likeness (QED) is 0.0592. The first-order chi connectivity index (χ1) is 34.5. The van der Waals surface area contributed by atoms with Gasteiger partial charge in [0.25, 0.3) is 0 Å². The van der Waals surface area contributed by atoms with Crippen LogP contribution in [-0.4, -0.2) is 101 Å². The number of carbonyl (C=O) groups excluding carboxylic acids is 3. The molecule has 2 aliphatic heterocycles. The Labute approximate surface area is 446 Å². The van der Waals surface area contributed by atoms with Crippen molar-refractivity contribution in [2.24, 2.45) is 0 Å². The van der Waals surface area contributed by atoms with E-state index >= 15 is 4.79 Å². The highest BCUT2D eigenvalue weighted by molar-refractivity contribution is 8.76. The summed E-state index contributed by atoms with van der Waals surface area (Å²) in [6, 6.07) is 31.2. The van der Waals surface area contributed by atoms with Crippen LogP contribution in [0.1, 0.15) is 68.2 Å². The maximum absolute atomic E-state index is 15.0. The van der Waals surface area contributed by atoms with Crippen molar-refractivity contribution >= 4 is 92.0 Å². The van der Waals surface area contributed by atoms with Gasteiger partial charge in [-0.25, -0.2) is 9.59 Å². The van der Waals surface area contributed by atoms with Crippen LogP contribution in [0.25, 0.3) is 22.5 Å². The number of carboxylic acid groups (broad SMARTS) is 1. The Kier molecular flexibility index (Phi) is 17.4. The third-order valence-electron chi connectivity index (χ3n) is 12.4. The minimum Gasteiger partial charge on any atom is -0.465 e. The lowest BCUT2D eigenvalue weighted by Crippen LogP contribution is -2.54. The zero-order valence-electron chi connectivity index (χ0n) is 39.8. The lowest BCUT2D eigenvalue weighted by molar-refractivity contribution is -0.137. The van der Waals surface area contributed by atoms with Gasteiger partial charge in [-0.2, -0.15) is 10.2 Å². The van der Waals surface area contributed by atoms with Crippen LogP contribution in [0, 0.1) is 0 Å². The first-order valence-electron chi connectivity index (χ1n) is 23.5. The van der Waals surface area contributed by atoms with Crippen molar-refractivity contribution in [3.63, 3.8) is 0 Å². The number of halogens is 4. The molecule has 2 unspecified atom stereocenters. The predicted octanol–water partition coefficient (Wildman–Crippen LogP) is 11.7. The van der Waals surface area contributed by atoms with E-state index in [0.29, 0.717) is 87.9 Å². The Morgan fingerprint density at radius 1 is 0.639 bits per heavy atom. The summed E-state index contributed by atoms with van der Waals surface area (Å²) < 4.78 is 9.45. The van der Waals surface area contributed by atoms with Gasteiger partial charge >= 0.3 is 12.2 Å². The summed E-state index contributed by atoms with van der Waals surface area (Å²) in [4.78, 5) is 59.1. The van der Waals surface area contributed by atoms with Gasteiger partial charge in [-0.3, -0.25) is 19.0 Å². The highest BCUT2D eigenvalue weighted by Gasteiger charge is 2.39. The first-order valence-corrected chi connectivity index (χ1v) is 27.5. The van der Waals surface area contributed by atoms with Gasteiger partial charge in [0, 0.05) is 45.8 Å². The molecule has 0 saturated heterocycles. The van der Waals surface area contributed by atoms with E-state index in [-0.39, 0.29) is 24.0 Å². The SMILES string of the molecule is CC(C)(C)OC(=O)N[C@@H](CSSC[C@H](NC(=O)O)C(=O)N1CCn2nc(-c3ccc(Cl)cc3Cl)cc2C1CCc1ccccc1)C(=O)N1CCn2nc(-c3ccc(Cl)cc3Cl)cc2C1CCc1ccccc1. The number of nitrogens with zero attached hydrogens (tertiary/aromatic N) is 6. The van der Waals surface area contributed by atoms with Gasteiger partial charge in [0.2, 0.25) is 11.8 Å². The zero-order valence-corrected chi connectivity index (χ0v) is 44.4. The van der Waals surface area contributed by atoms with Gasteiger partial charge in [-0.15, -0.1) is 0 Å². The summed E-state index contributed by atoms with van der Waals surface area (Å²) in [5.74, 6) is -0.629. The Balaban J connectivity index is 1.02. The number of amides is 4. The van der Waals surface area contributed by atoms with Crippen LogP contribution in [0.5, 0.6) is 0 Å². The molecule has 3 N–H and O–H groups in total. The standard InChI is InChI=1S/C52H54Cl4N8O6S2/c1-52(2,3)70-51(69)58-43(49(66)62-23-25-64-47(45(62)21-15-33-12-8-5-9-13-33)29-41(60-64)37-19-17-35(54)27-39(37)56)31-72-71-30-42(57-50(67)68)48(65)61-22-24-63-46(44(61)20-14-32-10-6-4-7-11-32)28-40(59-63)36-18-16-34(53)26-38(36)55/h4-13,16-19,26-29,42-45,57H,14-15,20-25,30-31H2,1-3H3,(H,58,69)(H,67,68)/t42-,43-,44?,45?/m0/s1. The fourth-order valence-electron chi connectivity index (χ4n) is 9.06. The van der Waals surface area contributed by atoms with Crippen molar-refractivity contribution in [3.05, 3.63) is 152 Å². The van der Waals surface area contributed by atoms with E-state index in [0.717, 1.165) is 22.5 Å². The van der Waals surface area contributed by atoms with Crippen LogP contribution in [0.15, 0.2) is 109 Å². The second-order valence-corrected chi connectivity index (χ2v) is 22.8. The molecule has 4 heterocycles. The lowest BCUT2D eigenvalue weighted by atomic mass is 9.98. The summed E-state index contributed by atoms with van der Waals surface area (Å²) in [6.07, 6.45) is 0.277. The molecule has 20 heteroatoms.